The van der Waals surface area contributed by atoms with Gasteiger partial charge in [-0.25, -0.2) is 0 Å². The van der Waals surface area contributed by atoms with E-state index < -0.39 is 0 Å². The second-order valence-electron chi connectivity index (χ2n) is 6.43. The summed E-state index contributed by atoms with van der Waals surface area (Å²) >= 11 is 1.85. The number of nitrogens with one attached hydrogen (secondary N) is 1. The molecular weight excluding hydrogens is 308 g/mol. The number of ether oxygens (including phenoxy) is 1. The van der Waals surface area contributed by atoms with Crippen LogP contribution in [0.4, 0.5) is 0 Å². The van der Waals surface area contributed by atoms with Crippen LogP contribution in [0.25, 0.3) is 0 Å². The second-order valence-corrected chi connectivity index (χ2v) is 7.80. The first-order valence-electron chi connectivity index (χ1n) is 8.55. The van der Waals surface area contributed by atoms with Crippen LogP contribution in [-0.4, -0.2) is 68.7 Å². The molecule has 0 aromatic carbocycles. The van der Waals surface area contributed by atoms with Gasteiger partial charge in [-0.3, -0.25) is 9.89 Å². The molecule has 1 aromatic heterocycles. The number of hydrogen-bond donors (Lipinski definition) is 1. The Morgan fingerprint density at radius 3 is 2.78 bits per heavy atom. The third-order valence-electron chi connectivity index (χ3n) is 4.64. The van der Waals surface area contributed by atoms with Gasteiger partial charge in [-0.2, -0.15) is 0 Å². The van der Waals surface area contributed by atoms with Crippen LogP contribution in [0, 0.1) is 12.8 Å². The fraction of sp³-hybridized carbons (Fsp3) is 0.706. The Hall–Kier alpha value is -1.11. The summed E-state index contributed by atoms with van der Waals surface area (Å²) in [5.41, 5.74) is 0. The number of guanidine groups is 1. The number of piperazine rings is 1. The van der Waals surface area contributed by atoms with Gasteiger partial charge in [-0.05, 0) is 31.4 Å². The van der Waals surface area contributed by atoms with Crippen molar-refractivity contribution in [3.05, 3.63) is 21.9 Å². The minimum absolute atomic E-state index is 0.737. The van der Waals surface area contributed by atoms with Crippen molar-refractivity contribution in [2.24, 2.45) is 10.9 Å². The lowest BCUT2D eigenvalue weighted by Crippen LogP contribution is -2.53. The molecule has 3 rings (SSSR count). The maximum absolute atomic E-state index is 5.49. The summed E-state index contributed by atoms with van der Waals surface area (Å²) in [4.78, 5) is 12.1. The molecule has 3 heterocycles. The average molecular weight is 337 g/mol. The first-order valence-corrected chi connectivity index (χ1v) is 9.37. The van der Waals surface area contributed by atoms with Crippen molar-refractivity contribution in [2.75, 3.05) is 53.0 Å². The van der Waals surface area contributed by atoms with Crippen molar-refractivity contribution in [1.29, 1.82) is 0 Å². The summed E-state index contributed by atoms with van der Waals surface area (Å²) in [6.07, 6.45) is 1.23. The highest BCUT2D eigenvalue weighted by Crippen LogP contribution is 2.16. The van der Waals surface area contributed by atoms with Gasteiger partial charge < -0.3 is 15.0 Å². The molecule has 1 unspecified atom stereocenters. The highest BCUT2D eigenvalue weighted by atomic mass is 32.1. The van der Waals surface area contributed by atoms with Crippen molar-refractivity contribution in [2.45, 2.75) is 19.9 Å². The number of rotatable bonds is 4. The average Bonchev–Trinajstić information content (AvgIpc) is 3.21. The van der Waals surface area contributed by atoms with Gasteiger partial charge in [0.2, 0.25) is 0 Å². The Bertz CT molecular complexity index is 516. The Morgan fingerprint density at radius 2 is 2.17 bits per heavy atom. The van der Waals surface area contributed by atoms with Crippen LogP contribution in [0.2, 0.25) is 0 Å². The first kappa shape index (κ1) is 16.7. The molecule has 0 radical (unpaired) electrons. The molecule has 5 nitrogen and oxygen atoms in total. The number of aryl methyl sites for hydroxylation is 1. The highest BCUT2D eigenvalue weighted by molar-refractivity contribution is 7.11. The zero-order chi connectivity index (χ0) is 16.1. The van der Waals surface area contributed by atoms with Gasteiger partial charge in [0.15, 0.2) is 5.96 Å². The summed E-state index contributed by atoms with van der Waals surface area (Å²) in [5, 5.41) is 3.50. The van der Waals surface area contributed by atoms with E-state index in [1.54, 1.807) is 0 Å². The molecule has 0 bridgehead atoms. The molecule has 2 fully saturated rings. The molecule has 1 N–H and O–H groups in total. The maximum atomic E-state index is 5.49. The van der Waals surface area contributed by atoms with Gasteiger partial charge >= 0.3 is 0 Å². The molecule has 0 saturated carbocycles. The smallest absolute Gasteiger partial charge is 0.194 e. The topological polar surface area (TPSA) is 40.1 Å². The van der Waals surface area contributed by atoms with Crippen LogP contribution >= 0.6 is 11.3 Å². The third kappa shape index (κ3) is 4.68. The van der Waals surface area contributed by atoms with Gasteiger partial charge in [0.25, 0.3) is 0 Å². The number of nitrogens with zero attached hydrogens (tertiary/aromatic N) is 3. The van der Waals surface area contributed by atoms with Crippen molar-refractivity contribution in [1.82, 2.24) is 15.1 Å². The molecule has 2 aliphatic rings. The molecule has 0 aliphatic carbocycles. The molecule has 2 saturated heterocycles. The van der Waals surface area contributed by atoms with Gasteiger partial charge in [-0.1, -0.05) is 0 Å². The Kier molecular flexibility index (Phi) is 5.91. The van der Waals surface area contributed by atoms with Gasteiger partial charge in [-0.15, -0.1) is 11.3 Å². The summed E-state index contributed by atoms with van der Waals surface area (Å²) in [6.45, 7) is 10.4. The van der Waals surface area contributed by atoms with Gasteiger partial charge in [0.05, 0.1) is 13.2 Å². The Morgan fingerprint density at radius 1 is 1.35 bits per heavy atom. The highest BCUT2D eigenvalue weighted by Gasteiger charge is 2.23. The standard InChI is InChI=1S/C17H28N4OS/c1-14-3-4-16(23-14)11-19-17(18-2)21-8-6-20(7-9-21)12-15-5-10-22-13-15/h3-4,15H,5-13H2,1-2H3,(H,18,19). The molecule has 1 atom stereocenters. The molecule has 23 heavy (non-hydrogen) atoms. The van der Waals surface area contributed by atoms with Crippen molar-refractivity contribution in [3.8, 4) is 0 Å². The van der Waals surface area contributed by atoms with Crippen molar-refractivity contribution < 1.29 is 4.74 Å². The van der Waals surface area contributed by atoms with Gasteiger partial charge in [0, 0.05) is 56.1 Å². The minimum atomic E-state index is 0.737. The molecule has 1 aromatic rings. The van der Waals surface area contributed by atoms with Crippen molar-refractivity contribution >= 4 is 17.3 Å². The summed E-state index contributed by atoms with van der Waals surface area (Å²) in [7, 11) is 1.88. The van der Waals surface area contributed by atoms with Crippen LogP contribution < -0.4 is 5.32 Å². The fourth-order valence-corrected chi connectivity index (χ4v) is 4.14. The predicted molar refractivity (Wildman–Crippen MR) is 96.2 cm³/mol. The number of thiophene rings is 1. The lowest BCUT2D eigenvalue weighted by Gasteiger charge is -2.37. The van der Waals surface area contributed by atoms with Crippen LogP contribution in [-0.2, 0) is 11.3 Å². The minimum Gasteiger partial charge on any atom is -0.381 e. The first-order chi connectivity index (χ1) is 11.2. The molecule has 0 spiro atoms. The van der Waals surface area contributed by atoms with E-state index in [2.05, 4.69) is 39.2 Å². The lowest BCUT2D eigenvalue weighted by molar-refractivity contribution is 0.139. The van der Waals surface area contributed by atoms with E-state index in [0.717, 1.165) is 57.8 Å². The van der Waals surface area contributed by atoms with E-state index in [9.17, 15) is 0 Å². The SMILES string of the molecule is CN=C(NCc1ccc(C)s1)N1CCN(CC2CCOC2)CC1. The Balaban J connectivity index is 1.43. The van der Waals surface area contributed by atoms with Crippen LogP contribution in [0.15, 0.2) is 17.1 Å². The van der Waals surface area contributed by atoms with E-state index in [1.807, 2.05) is 18.4 Å². The van der Waals surface area contributed by atoms with Crippen LogP contribution in [0.1, 0.15) is 16.2 Å². The number of aliphatic imine (C=N–C) groups is 1. The fourth-order valence-electron chi connectivity index (χ4n) is 3.31. The maximum Gasteiger partial charge on any atom is 0.194 e. The van der Waals surface area contributed by atoms with E-state index in [0.29, 0.717) is 0 Å². The summed E-state index contributed by atoms with van der Waals surface area (Å²) < 4.78 is 5.49. The summed E-state index contributed by atoms with van der Waals surface area (Å²) in [6, 6.07) is 4.37. The van der Waals surface area contributed by atoms with E-state index in [-0.39, 0.29) is 0 Å². The summed E-state index contributed by atoms with van der Waals surface area (Å²) in [5.74, 6) is 1.76. The monoisotopic (exact) mass is 336 g/mol. The Labute approximate surface area is 143 Å². The predicted octanol–water partition coefficient (Wildman–Crippen LogP) is 1.79. The molecule has 6 heteroatoms. The van der Waals surface area contributed by atoms with E-state index in [1.165, 1.54) is 22.7 Å². The lowest BCUT2D eigenvalue weighted by atomic mass is 10.1. The van der Waals surface area contributed by atoms with E-state index >= 15 is 0 Å². The second kappa shape index (κ2) is 8.13. The quantitative estimate of drug-likeness (QED) is 0.672. The van der Waals surface area contributed by atoms with Crippen LogP contribution in [0.3, 0.4) is 0 Å². The number of hydrogen-bond acceptors (Lipinski definition) is 4. The van der Waals surface area contributed by atoms with Gasteiger partial charge in [0.1, 0.15) is 0 Å². The molecule has 0 amide bonds. The molecule has 128 valence electrons. The van der Waals surface area contributed by atoms with E-state index in [4.69, 9.17) is 4.74 Å². The largest absolute Gasteiger partial charge is 0.381 e. The third-order valence-corrected chi connectivity index (χ3v) is 5.64. The molecule has 2 aliphatic heterocycles. The normalized spacial score (nSPS) is 23.5. The van der Waals surface area contributed by atoms with Crippen molar-refractivity contribution in [3.63, 3.8) is 0 Å². The zero-order valence-corrected chi connectivity index (χ0v) is 15.1. The zero-order valence-electron chi connectivity index (χ0n) is 14.3. The van der Waals surface area contributed by atoms with Crippen LogP contribution in [0.5, 0.6) is 0 Å². The molecular formula is C17H28N4OS.